The highest BCUT2D eigenvalue weighted by Gasteiger charge is 2.49. The van der Waals surface area contributed by atoms with Crippen LogP contribution in [0.4, 0.5) is 5.82 Å². The van der Waals surface area contributed by atoms with Crippen LogP contribution in [-0.4, -0.2) is 39.8 Å². The first kappa shape index (κ1) is 13.7. The summed E-state index contributed by atoms with van der Waals surface area (Å²) in [5.41, 5.74) is -0.0554. The SMILES string of the molecule is CCOC1CC(Nc2cncc(C(=O)O)n2)C1(C)C. The molecule has 1 aliphatic rings. The minimum Gasteiger partial charge on any atom is -0.476 e. The maximum atomic E-state index is 10.8. The molecular formula is C13H19N3O3. The van der Waals surface area contributed by atoms with Crippen LogP contribution in [0.25, 0.3) is 0 Å². The predicted octanol–water partition coefficient (Wildman–Crippen LogP) is 1.79. The van der Waals surface area contributed by atoms with Crippen LogP contribution < -0.4 is 5.32 Å². The Morgan fingerprint density at radius 1 is 1.58 bits per heavy atom. The number of aromatic carboxylic acids is 1. The van der Waals surface area contributed by atoms with Crippen LogP contribution in [0.5, 0.6) is 0 Å². The third kappa shape index (κ3) is 2.68. The van der Waals surface area contributed by atoms with E-state index in [4.69, 9.17) is 9.84 Å². The van der Waals surface area contributed by atoms with Crippen molar-refractivity contribution < 1.29 is 14.6 Å². The van der Waals surface area contributed by atoms with E-state index in [0.717, 1.165) is 6.42 Å². The van der Waals surface area contributed by atoms with E-state index < -0.39 is 5.97 Å². The molecule has 1 fully saturated rings. The normalized spacial score (nSPS) is 24.6. The van der Waals surface area contributed by atoms with Crippen LogP contribution in [0.1, 0.15) is 37.7 Å². The number of carbonyl (C=O) groups is 1. The van der Waals surface area contributed by atoms with Gasteiger partial charge in [-0.1, -0.05) is 13.8 Å². The molecule has 0 amide bonds. The van der Waals surface area contributed by atoms with Gasteiger partial charge >= 0.3 is 5.97 Å². The molecular weight excluding hydrogens is 246 g/mol. The lowest BCUT2D eigenvalue weighted by Crippen LogP contribution is -2.58. The van der Waals surface area contributed by atoms with Gasteiger partial charge in [0.25, 0.3) is 0 Å². The van der Waals surface area contributed by atoms with Crippen LogP contribution in [0.2, 0.25) is 0 Å². The molecule has 0 spiro atoms. The van der Waals surface area contributed by atoms with E-state index in [2.05, 4.69) is 29.1 Å². The first-order valence-electron chi connectivity index (χ1n) is 6.38. The van der Waals surface area contributed by atoms with Crippen molar-refractivity contribution in [3.63, 3.8) is 0 Å². The van der Waals surface area contributed by atoms with Crippen LogP contribution >= 0.6 is 0 Å². The Bertz CT molecular complexity index is 476. The quantitative estimate of drug-likeness (QED) is 0.844. The minimum atomic E-state index is -1.07. The first-order chi connectivity index (χ1) is 8.95. The van der Waals surface area contributed by atoms with E-state index in [1.54, 1.807) is 0 Å². The molecule has 2 rings (SSSR count). The van der Waals surface area contributed by atoms with Crippen molar-refractivity contribution in [2.75, 3.05) is 11.9 Å². The molecule has 0 bridgehead atoms. The van der Waals surface area contributed by atoms with Crippen molar-refractivity contribution in [2.45, 2.75) is 39.3 Å². The minimum absolute atomic E-state index is 0.00306. The first-order valence-corrected chi connectivity index (χ1v) is 6.38. The number of rotatable bonds is 5. The number of carboxylic acids is 1. The van der Waals surface area contributed by atoms with Crippen molar-refractivity contribution in [1.29, 1.82) is 0 Å². The molecule has 2 N–H and O–H groups in total. The van der Waals surface area contributed by atoms with Gasteiger partial charge in [-0.2, -0.15) is 0 Å². The Labute approximate surface area is 112 Å². The molecule has 104 valence electrons. The summed E-state index contributed by atoms with van der Waals surface area (Å²) in [5.74, 6) is -0.580. The number of aromatic nitrogens is 2. The molecule has 1 aromatic heterocycles. The molecule has 0 aliphatic heterocycles. The van der Waals surface area contributed by atoms with E-state index in [0.29, 0.717) is 12.4 Å². The van der Waals surface area contributed by atoms with Crippen LogP contribution in [0, 0.1) is 5.41 Å². The maximum absolute atomic E-state index is 10.8. The summed E-state index contributed by atoms with van der Waals surface area (Å²) >= 11 is 0. The number of ether oxygens (including phenoxy) is 1. The highest BCUT2D eigenvalue weighted by atomic mass is 16.5. The second-order valence-corrected chi connectivity index (χ2v) is 5.29. The number of nitrogens with zero attached hydrogens (tertiary/aromatic N) is 2. The molecule has 1 aliphatic carbocycles. The van der Waals surface area contributed by atoms with Crippen LogP contribution in [-0.2, 0) is 4.74 Å². The van der Waals surface area contributed by atoms with Gasteiger partial charge in [0.05, 0.1) is 18.5 Å². The summed E-state index contributed by atoms with van der Waals surface area (Å²) in [7, 11) is 0. The Balaban J connectivity index is 2.03. The van der Waals surface area contributed by atoms with Gasteiger partial charge in [0.2, 0.25) is 0 Å². The number of anilines is 1. The van der Waals surface area contributed by atoms with E-state index >= 15 is 0 Å². The zero-order valence-corrected chi connectivity index (χ0v) is 11.4. The topological polar surface area (TPSA) is 84.3 Å². The third-order valence-corrected chi connectivity index (χ3v) is 3.72. The molecule has 0 aromatic carbocycles. The molecule has 0 radical (unpaired) electrons. The number of carboxylic acid groups (broad SMARTS) is 1. The zero-order chi connectivity index (χ0) is 14.0. The fraction of sp³-hybridized carbons (Fsp3) is 0.615. The molecule has 2 unspecified atom stereocenters. The second-order valence-electron chi connectivity index (χ2n) is 5.29. The summed E-state index contributed by atoms with van der Waals surface area (Å²) in [6.07, 6.45) is 3.89. The van der Waals surface area contributed by atoms with E-state index in [1.165, 1.54) is 12.4 Å². The van der Waals surface area contributed by atoms with Crippen molar-refractivity contribution in [3.05, 3.63) is 18.1 Å². The number of hydrogen-bond donors (Lipinski definition) is 2. The van der Waals surface area contributed by atoms with Crippen LogP contribution in [0.3, 0.4) is 0 Å². The Morgan fingerprint density at radius 2 is 2.32 bits per heavy atom. The van der Waals surface area contributed by atoms with Gasteiger partial charge in [-0.15, -0.1) is 0 Å². The smallest absolute Gasteiger partial charge is 0.356 e. The maximum Gasteiger partial charge on any atom is 0.356 e. The lowest BCUT2D eigenvalue weighted by atomic mass is 9.64. The van der Waals surface area contributed by atoms with Crippen molar-refractivity contribution in [2.24, 2.45) is 5.41 Å². The van der Waals surface area contributed by atoms with Gasteiger partial charge in [-0.3, -0.25) is 4.98 Å². The Kier molecular flexibility index (Phi) is 3.71. The van der Waals surface area contributed by atoms with Gasteiger partial charge < -0.3 is 15.2 Å². The monoisotopic (exact) mass is 265 g/mol. The lowest BCUT2D eigenvalue weighted by Gasteiger charge is -2.51. The predicted molar refractivity (Wildman–Crippen MR) is 70.2 cm³/mol. The van der Waals surface area contributed by atoms with Gasteiger partial charge in [0.1, 0.15) is 5.82 Å². The standard InChI is InChI=1S/C13H19N3O3/c1-4-19-10-5-9(13(10,2)3)16-11-7-14-6-8(15-11)12(17)18/h6-7,9-10H,4-5H2,1-3H3,(H,15,16)(H,17,18). The van der Waals surface area contributed by atoms with Crippen LogP contribution in [0.15, 0.2) is 12.4 Å². The highest BCUT2D eigenvalue weighted by Crippen LogP contribution is 2.44. The summed E-state index contributed by atoms with van der Waals surface area (Å²) in [4.78, 5) is 18.7. The summed E-state index contributed by atoms with van der Waals surface area (Å²) in [6.45, 7) is 6.94. The lowest BCUT2D eigenvalue weighted by molar-refractivity contribution is -0.0976. The highest BCUT2D eigenvalue weighted by molar-refractivity contribution is 5.85. The number of hydrogen-bond acceptors (Lipinski definition) is 5. The second kappa shape index (κ2) is 5.13. The molecule has 1 aromatic rings. The van der Waals surface area contributed by atoms with Gasteiger partial charge in [-0.05, 0) is 13.3 Å². The van der Waals surface area contributed by atoms with E-state index in [1.807, 2.05) is 6.92 Å². The average Bonchev–Trinajstić information content (AvgIpc) is 2.38. The van der Waals surface area contributed by atoms with Gasteiger partial charge in [-0.25, -0.2) is 9.78 Å². The third-order valence-electron chi connectivity index (χ3n) is 3.72. The Hall–Kier alpha value is -1.69. The van der Waals surface area contributed by atoms with E-state index in [-0.39, 0.29) is 23.3 Å². The summed E-state index contributed by atoms with van der Waals surface area (Å²) in [5, 5.41) is 12.1. The molecule has 6 nitrogen and oxygen atoms in total. The largest absolute Gasteiger partial charge is 0.476 e. The molecule has 1 heterocycles. The fourth-order valence-corrected chi connectivity index (χ4v) is 2.33. The Morgan fingerprint density at radius 3 is 2.89 bits per heavy atom. The molecule has 6 heteroatoms. The fourth-order valence-electron chi connectivity index (χ4n) is 2.33. The zero-order valence-electron chi connectivity index (χ0n) is 11.4. The average molecular weight is 265 g/mol. The molecule has 1 saturated carbocycles. The number of nitrogens with one attached hydrogen (secondary N) is 1. The van der Waals surface area contributed by atoms with Crippen molar-refractivity contribution in [1.82, 2.24) is 9.97 Å². The van der Waals surface area contributed by atoms with Gasteiger partial charge in [0, 0.05) is 18.1 Å². The molecule has 2 atom stereocenters. The van der Waals surface area contributed by atoms with E-state index in [9.17, 15) is 4.79 Å². The van der Waals surface area contributed by atoms with Crippen molar-refractivity contribution >= 4 is 11.8 Å². The molecule has 19 heavy (non-hydrogen) atoms. The van der Waals surface area contributed by atoms with Crippen molar-refractivity contribution in [3.8, 4) is 0 Å². The summed E-state index contributed by atoms with van der Waals surface area (Å²) in [6, 6.07) is 0.211. The van der Waals surface area contributed by atoms with Gasteiger partial charge in [0.15, 0.2) is 5.69 Å². The summed E-state index contributed by atoms with van der Waals surface area (Å²) < 4.78 is 5.65. The molecule has 0 saturated heterocycles.